The molecular weight excluding hydrogens is 304 g/mol. The molecule has 0 aliphatic heterocycles. The lowest BCUT2D eigenvalue weighted by atomic mass is 9.81. The van der Waals surface area contributed by atoms with E-state index in [9.17, 15) is 5.11 Å². The number of hydrogen-bond donors (Lipinski definition) is 1. The molecule has 25 heavy (non-hydrogen) atoms. The monoisotopic (exact) mass is 334 g/mol. The van der Waals surface area contributed by atoms with E-state index < -0.39 is 0 Å². The molecule has 0 unspecified atom stereocenters. The Balaban J connectivity index is 1.65. The van der Waals surface area contributed by atoms with Gasteiger partial charge in [0.05, 0.1) is 0 Å². The van der Waals surface area contributed by atoms with E-state index in [1.807, 2.05) is 0 Å². The topological polar surface area (TPSA) is 20.2 Å². The first kappa shape index (κ1) is 16.7. The summed E-state index contributed by atoms with van der Waals surface area (Å²) in [4.78, 5) is 0. The molecule has 1 N–H and O–H groups in total. The summed E-state index contributed by atoms with van der Waals surface area (Å²) in [7, 11) is 0. The predicted molar refractivity (Wildman–Crippen MR) is 105 cm³/mol. The maximum atomic E-state index is 11.0. The van der Waals surface area contributed by atoms with Gasteiger partial charge in [0.15, 0.2) is 0 Å². The van der Waals surface area contributed by atoms with Gasteiger partial charge >= 0.3 is 0 Å². The maximum absolute atomic E-state index is 11.0. The summed E-state index contributed by atoms with van der Waals surface area (Å²) in [5.41, 5.74) is 4.82. The Labute approximate surface area is 152 Å². The van der Waals surface area contributed by atoms with E-state index in [4.69, 9.17) is 0 Å². The van der Waals surface area contributed by atoms with Gasteiger partial charge in [-0.05, 0) is 54.2 Å². The van der Waals surface area contributed by atoms with Crippen molar-refractivity contribution in [2.75, 3.05) is 0 Å². The van der Waals surface area contributed by atoms with Crippen LogP contribution < -0.4 is 0 Å². The standard InChI is InChI=1S/C24H30O/c25-24-22(19-11-5-2-6-12-19)15-8-16-23(24)21-14-7-13-20(17-21)18-9-3-1-4-10-18/h7-8,13-19,25H,1-6,9-12H2. The zero-order valence-electron chi connectivity index (χ0n) is 15.2. The van der Waals surface area contributed by atoms with Crippen molar-refractivity contribution in [1.29, 1.82) is 0 Å². The molecule has 0 aromatic heterocycles. The average molecular weight is 335 g/mol. The molecule has 2 saturated carbocycles. The lowest BCUT2D eigenvalue weighted by Gasteiger charge is -2.24. The molecule has 2 aromatic rings. The highest BCUT2D eigenvalue weighted by molar-refractivity contribution is 5.72. The van der Waals surface area contributed by atoms with E-state index in [1.165, 1.54) is 80.9 Å². The van der Waals surface area contributed by atoms with Crippen LogP contribution in [0.5, 0.6) is 5.75 Å². The van der Waals surface area contributed by atoms with Crippen molar-refractivity contribution < 1.29 is 5.11 Å². The number of para-hydroxylation sites is 1. The van der Waals surface area contributed by atoms with Crippen molar-refractivity contribution in [1.82, 2.24) is 0 Å². The fourth-order valence-corrected chi connectivity index (χ4v) is 4.93. The molecule has 2 aliphatic rings. The Morgan fingerprint density at radius 1 is 0.680 bits per heavy atom. The molecule has 2 aromatic carbocycles. The molecule has 4 rings (SSSR count). The number of aromatic hydroxyl groups is 1. The largest absolute Gasteiger partial charge is 0.507 e. The van der Waals surface area contributed by atoms with Crippen LogP contribution in [0.3, 0.4) is 0 Å². The Morgan fingerprint density at radius 3 is 2.04 bits per heavy atom. The summed E-state index contributed by atoms with van der Waals surface area (Å²) in [5, 5.41) is 11.0. The van der Waals surface area contributed by atoms with Crippen LogP contribution in [-0.4, -0.2) is 5.11 Å². The van der Waals surface area contributed by atoms with E-state index in [1.54, 1.807) is 0 Å². The lowest BCUT2D eigenvalue weighted by molar-refractivity contribution is 0.415. The molecule has 1 nitrogen and oxygen atoms in total. The predicted octanol–water partition coefficient (Wildman–Crippen LogP) is 7.15. The highest BCUT2D eigenvalue weighted by atomic mass is 16.3. The second-order valence-electron chi connectivity index (χ2n) is 8.04. The van der Waals surface area contributed by atoms with Crippen molar-refractivity contribution in [3.05, 3.63) is 53.6 Å². The Kier molecular flexibility index (Phi) is 5.10. The van der Waals surface area contributed by atoms with Gasteiger partial charge in [-0.1, -0.05) is 81.0 Å². The van der Waals surface area contributed by atoms with Crippen LogP contribution in [0.4, 0.5) is 0 Å². The molecule has 0 heterocycles. The highest BCUT2D eigenvalue weighted by Crippen LogP contribution is 2.42. The quantitative estimate of drug-likeness (QED) is 0.631. The van der Waals surface area contributed by atoms with Gasteiger partial charge in [-0.15, -0.1) is 0 Å². The van der Waals surface area contributed by atoms with E-state index in [2.05, 4.69) is 42.5 Å². The van der Waals surface area contributed by atoms with Crippen LogP contribution in [0.15, 0.2) is 42.5 Å². The van der Waals surface area contributed by atoms with E-state index in [0.29, 0.717) is 17.6 Å². The van der Waals surface area contributed by atoms with Crippen molar-refractivity contribution >= 4 is 0 Å². The zero-order chi connectivity index (χ0) is 17.1. The summed E-state index contributed by atoms with van der Waals surface area (Å²) in [6.45, 7) is 0. The van der Waals surface area contributed by atoms with E-state index >= 15 is 0 Å². The number of benzene rings is 2. The summed E-state index contributed by atoms with van der Waals surface area (Å²) < 4.78 is 0. The van der Waals surface area contributed by atoms with Gasteiger partial charge in [-0.3, -0.25) is 0 Å². The summed E-state index contributed by atoms with van der Waals surface area (Å²) in [6.07, 6.45) is 13.1. The van der Waals surface area contributed by atoms with Crippen LogP contribution in [0.2, 0.25) is 0 Å². The number of rotatable bonds is 3. The van der Waals surface area contributed by atoms with Gasteiger partial charge in [0, 0.05) is 5.56 Å². The molecule has 0 saturated heterocycles. The van der Waals surface area contributed by atoms with Crippen LogP contribution >= 0.6 is 0 Å². The molecule has 0 amide bonds. The first-order valence-electron chi connectivity index (χ1n) is 10.2. The van der Waals surface area contributed by atoms with Crippen molar-refractivity contribution in [3.63, 3.8) is 0 Å². The third-order valence-electron chi connectivity index (χ3n) is 6.39. The normalized spacial score (nSPS) is 19.8. The molecule has 2 fully saturated rings. The Bertz CT molecular complexity index is 706. The number of phenols is 1. The smallest absolute Gasteiger partial charge is 0.126 e. The van der Waals surface area contributed by atoms with Crippen molar-refractivity contribution in [3.8, 4) is 16.9 Å². The Morgan fingerprint density at radius 2 is 1.32 bits per heavy atom. The minimum atomic E-state index is 0.523. The van der Waals surface area contributed by atoms with Gasteiger partial charge in [0.25, 0.3) is 0 Å². The second-order valence-corrected chi connectivity index (χ2v) is 8.04. The molecule has 0 spiro atoms. The highest BCUT2D eigenvalue weighted by Gasteiger charge is 2.21. The van der Waals surface area contributed by atoms with E-state index in [-0.39, 0.29) is 0 Å². The minimum Gasteiger partial charge on any atom is -0.507 e. The fraction of sp³-hybridized carbons (Fsp3) is 0.500. The summed E-state index contributed by atoms with van der Waals surface area (Å²) in [5.74, 6) is 1.77. The average Bonchev–Trinajstić information content (AvgIpc) is 2.70. The molecule has 0 radical (unpaired) electrons. The van der Waals surface area contributed by atoms with E-state index in [0.717, 1.165) is 5.56 Å². The third-order valence-corrected chi connectivity index (χ3v) is 6.39. The second kappa shape index (κ2) is 7.64. The van der Waals surface area contributed by atoms with Gasteiger partial charge in [0.2, 0.25) is 0 Å². The van der Waals surface area contributed by atoms with Crippen molar-refractivity contribution in [2.24, 2.45) is 0 Å². The van der Waals surface area contributed by atoms with Gasteiger partial charge < -0.3 is 5.11 Å². The summed E-state index contributed by atoms with van der Waals surface area (Å²) >= 11 is 0. The molecule has 132 valence electrons. The fourth-order valence-electron chi connectivity index (χ4n) is 4.93. The maximum Gasteiger partial charge on any atom is 0.126 e. The molecule has 2 aliphatic carbocycles. The Hall–Kier alpha value is -1.76. The van der Waals surface area contributed by atoms with Crippen LogP contribution in [-0.2, 0) is 0 Å². The lowest BCUT2D eigenvalue weighted by Crippen LogP contribution is -2.05. The van der Waals surface area contributed by atoms with Crippen LogP contribution in [0, 0.1) is 0 Å². The first-order chi connectivity index (χ1) is 12.3. The van der Waals surface area contributed by atoms with Crippen molar-refractivity contribution in [2.45, 2.75) is 76.0 Å². The van der Waals surface area contributed by atoms with Crippen LogP contribution in [0.1, 0.15) is 87.2 Å². The van der Waals surface area contributed by atoms with Gasteiger partial charge in [0.1, 0.15) is 5.75 Å². The number of phenolic OH excluding ortho intramolecular Hbond substituents is 1. The molecule has 0 bridgehead atoms. The number of hydrogen-bond acceptors (Lipinski definition) is 1. The molecular formula is C24H30O. The van der Waals surface area contributed by atoms with Crippen LogP contribution in [0.25, 0.3) is 11.1 Å². The molecule has 1 heteroatoms. The zero-order valence-corrected chi connectivity index (χ0v) is 15.2. The van der Waals surface area contributed by atoms with Gasteiger partial charge in [-0.2, -0.15) is 0 Å². The minimum absolute atomic E-state index is 0.523. The molecule has 0 atom stereocenters. The van der Waals surface area contributed by atoms with Gasteiger partial charge in [-0.25, -0.2) is 0 Å². The SMILES string of the molecule is Oc1c(-c2cccc(C3CCCCC3)c2)cccc1C1CCCCC1. The third kappa shape index (κ3) is 3.61. The summed E-state index contributed by atoms with van der Waals surface area (Å²) in [6, 6.07) is 15.3. The first-order valence-corrected chi connectivity index (χ1v) is 10.2.